The summed E-state index contributed by atoms with van der Waals surface area (Å²) < 4.78 is 11.2. The van der Waals surface area contributed by atoms with Gasteiger partial charge < -0.3 is 14.7 Å². The zero-order valence-corrected chi connectivity index (χ0v) is 11.3. The molecule has 2 rings (SSSR count). The monoisotopic (exact) mass is 263 g/mol. The Kier molecular flexibility index (Phi) is 5.21. The van der Waals surface area contributed by atoms with Gasteiger partial charge in [-0.1, -0.05) is 12.1 Å². The van der Waals surface area contributed by atoms with Crippen LogP contribution in [0.1, 0.15) is 38.2 Å². The van der Waals surface area contributed by atoms with Crippen molar-refractivity contribution in [2.75, 3.05) is 13.2 Å². The Hall–Kier alpha value is -1.55. The van der Waals surface area contributed by atoms with E-state index >= 15 is 0 Å². The number of hydrogen-bond acceptors (Lipinski definition) is 4. The lowest BCUT2D eigenvalue weighted by atomic mass is 10.1. The second kappa shape index (κ2) is 7.14. The first kappa shape index (κ1) is 13.9. The van der Waals surface area contributed by atoms with E-state index in [1.807, 2.05) is 31.2 Å². The van der Waals surface area contributed by atoms with E-state index in [1.54, 1.807) is 0 Å². The van der Waals surface area contributed by atoms with Crippen LogP contribution in [0.4, 0.5) is 0 Å². The average Bonchev–Trinajstić information content (AvgIpc) is 2.95. The van der Waals surface area contributed by atoms with E-state index in [1.165, 1.54) is 6.42 Å². The fraction of sp³-hybridized carbons (Fsp3) is 0.533. The van der Waals surface area contributed by atoms with Gasteiger partial charge in [-0.3, -0.25) is 0 Å². The van der Waals surface area contributed by atoms with Crippen LogP contribution in [0.2, 0.25) is 0 Å². The Balaban J connectivity index is 1.81. The van der Waals surface area contributed by atoms with Crippen LogP contribution >= 0.6 is 0 Å². The van der Waals surface area contributed by atoms with E-state index in [9.17, 15) is 0 Å². The second-order valence-corrected chi connectivity index (χ2v) is 4.70. The fourth-order valence-corrected chi connectivity index (χ4v) is 2.26. The molecular weight excluding hydrogens is 242 g/mol. The van der Waals surface area contributed by atoms with Crippen LogP contribution in [0.3, 0.4) is 0 Å². The minimum atomic E-state index is 0.368. The van der Waals surface area contributed by atoms with E-state index in [0.717, 1.165) is 30.8 Å². The standard InChI is InChI=1S/C15H21NO3/c1-2-15(16-17)12-5-7-14(8-6-12)19-11-9-13-4-3-10-18-13/h5-8,13,17H,2-4,9-11H2,1H3. The second-order valence-electron chi connectivity index (χ2n) is 4.70. The average molecular weight is 263 g/mol. The van der Waals surface area contributed by atoms with Crippen molar-refractivity contribution >= 4 is 5.71 Å². The molecule has 19 heavy (non-hydrogen) atoms. The highest BCUT2D eigenvalue weighted by atomic mass is 16.5. The molecular formula is C15H21NO3. The van der Waals surface area contributed by atoms with Gasteiger partial charge >= 0.3 is 0 Å². The molecule has 104 valence electrons. The van der Waals surface area contributed by atoms with Crippen LogP contribution in [0, 0.1) is 0 Å². The van der Waals surface area contributed by atoms with Crippen molar-refractivity contribution in [2.24, 2.45) is 5.16 Å². The van der Waals surface area contributed by atoms with E-state index < -0.39 is 0 Å². The molecule has 1 saturated heterocycles. The summed E-state index contributed by atoms with van der Waals surface area (Å²) in [7, 11) is 0. The molecule has 0 radical (unpaired) electrons. The first-order valence-corrected chi connectivity index (χ1v) is 6.89. The lowest BCUT2D eigenvalue weighted by Gasteiger charge is -2.11. The Bertz CT molecular complexity index is 408. The van der Waals surface area contributed by atoms with E-state index in [0.29, 0.717) is 24.8 Å². The lowest BCUT2D eigenvalue weighted by molar-refractivity contribution is 0.0903. The van der Waals surface area contributed by atoms with Crippen molar-refractivity contribution in [3.05, 3.63) is 29.8 Å². The summed E-state index contributed by atoms with van der Waals surface area (Å²) in [4.78, 5) is 0. The largest absolute Gasteiger partial charge is 0.493 e. The molecule has 1 aliphatic heterocycles. The smallest absolute Gasteiger partial charge is 0.119 e. The van der Waals surface area contributed by atoms with Gasteiger partial charge in [0, 0.05) is 13.0 Å². The molecule has 0 saturated carbocycles. The summed E-state index contributed by atoms with van der Waals surface area (Å²) in [5.41, 5.74) is 1.61. The third-order valence-electron chi connectivity index (χ3n) is 3.38. The molecule has 1 heterocycles. The molecule has 1 aromatic carbocycles. The highest BCUT2D eigenvalue weighted by Gasteiger charge is 2.14. The van der Waals surface area contributed by atoms with E-state index in [-0.39, 0.29) is 0 Å². The van der Waals surface area contributed by atoms with Gasteiger partial charge in [0.2, 0.25) is 0 Å². The first-order chi connectivity index (χ1) is 9.33. The van der Waals surface area contributed by atoms with Gasteiger partial charge in [0.25, 0.3) is 0 Å². The zero-order valence-electron chi connectivity index (χ0n) is 11.3. The van der Waals surface area contributed by atoms with Gasteiger partial charge in [-0.15, -0.1) is 0 Å². The molecule has 1 atom stereocenters. The number of ether oxygens (including phenoxy) is 2. The SMILES string of the molecule is CCC(=NO)c1ccc(OCCC2CCCO2)cc1. The topological polar surface area (TPSA) is 51.1 Å². The highest BCUT2D eigenvalue weighted by molar-refractivity contribution is 6.00. The van der Waals surface area contributed by atoms with Gasteiger partial charge in [0.1, 0.15) is 5.75 Å². The number of nitrogens with zero attached hydrogens (tertiary/aromatic N) is 1. The van der Waals surface area contributed by atoms with Crippen LogP contribution in [-0.2, 0) is 4.74 Å². The summed E-state index contributed by atoms with van der Waals surface area (Å²) in [6, 6.07) is 7.65. The summed E-state index contributed by atoms with van der Waals surface area (Å²) in [5.74, 6) is 0.843. The van der Waals surface area contributed by atoms with Crippen molar-refractivity contribution in [1.82, 2.24) is 0 Å². The Morgan fingerprint density at radius 1 is 1.42 bits per heavy atom. The summed E-state index contributed by atoms with van der Waals surface area (Å²) >= 11 is 0. The number of benzene rings is 1. The maximum atomic E-state index is 8.85. The molecule has 1 aliphatic rings. The predicted molar refractivity (Wildman–Crippen MR) is 74.1 cm³/mol. The van der Waals surface area contributed by atoms with Gasteiger partial charge in [-0.25, -0.2) is 0 Å². The molecule has 4 heteroatoms. The van der Waals surface area contributed by atoms with Crippen molar-refractivity contribution in [2.45, 2.75) is 38.7 Å². The minimum absolute atomic E-state index is 0.368. The maximum absolute atomic E-state index is 8.85. The van der Waals surface area contributed by atoms with Crippen molar-refractivity contribution in [3.8, 4) is 5.75 Å². The third-order valence-corrected chi connectivity index (χ3v) is 3.38. The molecule has 0 amide bonds. The van der Waals surface area contributed by atoms with Crippen molar-refractivity contribution in [3.63, 3.8) is 0 Å². The summed E-state index contributed by atoms with van der Waals surface area (Å²) in [5, 5.41) is 12.1. The van der Waals surface area contributed by atoms with Crippen molar-refractivity contribution in [1.29, 1.82) is 0 Å². The van der Waals surface area contributed by atoms with Gasteiger partial charge in [-0.05, 0) is 49.1 Å². The fourth-order valence-electron chi connectivity index (χ4n) is 2.26. The molecule has 1 N–H and O–H groups in total. The zero-order chi connectivity index (χ0) is 13.5. The third kappa shape index (κ3) is 3.96. The molecule has 0 spiro atoms. The number of rotatable bonds is 6. The van der Waals surface area contributed by atoms with E-state index in [4.69, 9.17) is 14.7 Å². The van der Waals surface area contributed by atoms with E-state index in [2.05, 4.69) is 5.16 Å². The van der Waals surface area contributed by atoms with Gasteiger partial charge in [-0.2, -0.15) is 0 Å². The molecule has 0 aliphatic carbocycles. The van der Waals surface area contributed by atoms with Gasteiger partial charge in [0.05, 0.1) is 18.4 Å². The molecule has 1 aromatic rings. The molecule has 1 unspecified atom stereocenters. The quantitative estimate of drug-likeness (QED) is 0.487. The molecule has 1 fully saturated rings. The van der Waals surface area contributed by atoms with Gasteiger partial charge in [0.15, 0.2) is 0 Å². The van der Waals surface area contributed by atoms with Crippen LogP contribution in [0.5, 0.6) is 5.75 Å². The Morgan fingerprint density at radius 2 is 2.21 bits per heavy atom. The lowest BCUT2D eigenvalue weighted by Crippen LogP contribution is -2.10. The minimum Gasteiger partial charge on any atom is -0.493 e. The Labute approximate surface area is 114 Å². The van der Waals surface area contributed by atoms with Crippen LogP contribution in [0.15, 0.2) is 29.4 Å². The maximum Gasteiger partial charge on any atom is 0.119 e. The van der Waals surface area contributed by atoms with Crippen LogP contribution < -0.4 is 4.74 Å². The van der Waals surface area contributed by atoms with Crippen molar-refractivity contribution < 1.29 is 14.7 Å². The number of hydrogen-bond donors (Lipinski definition) is 1. The number of oxime groups is 1. The molecule has 4 nitrogen and oxygen atoms in total. The Morgan fingerprint density at radius 3 is 2.79 bits per heavy atom. The molecule has 0 bridgehead atoms. The highest BCUT2D eigenvalue weighted by Crippen LogP contribution is 2.17. The normalized spacial score (nSPS) is 19.6. The first-order valence-electron chi connectivity index (χ1n) is 6.89. The molecule has 0 aromatic heterocycles. The summed E-state index contributed by atoms with van der Waals surface area (Å²) in [6.07, 6.45) is 4.33. The summed E-state index contributed by atoms with van der Waals surface area (Å²) in [6.45, 7) is 3.53. The van der Waals surface area contributed by atoms with Crippen LogP contribution in [0.25, 0.3) is 0 Å². The van der Waals surface area contributed by atoms with Crippen LogP contribution in [-0.4, -0.2) is 30.2 Å². The predicted octanol–water partition coefficient (Wildman–Crippen LogP) is 3.22.